The van der Waals surface area contributed by atoms with E-state index in [1.807, 2.05) is 38.1 Å². The molecule has 0 bridgehead atoms. The van der Waals surface area contributed by atoms with Crippen molar-refractivity contribution in [2.75, 3.05) is 19.8 Å². The minimum atomic E-state index is -1.10. The number of benzene rings is 1. The quantitative estimate of drug-likeness (QED) is 0.813. The zero-order valence-electron chi connectivity index (χ0n) is 12.0. The van der Waals surface area contributed by atoms with Crippen LogP contribution in [0.3, 0.4) is 0 Å². The van der Waals surface area contributed by atoms with E-state index >= 15 is 0 Å². The molecule has 0 fully saturated rings. The zero-order valence-corrected chi connectivity index (χ0v) is 12.0. The fourth-order valence-electron chi connectivity index (χ4n) is 2.49. The molecule has 1 aromatic carbocycles. The zero-order chi connectivity index (χ0) is 14.4. The summed E-state index contributed by atoms with van der Waals surface area (Å²) in [6.07, 6.45) is 2.51. The van der Waals surface area contributed by atoms with E-state index in [1.54, 1.807) is 0 Å². The van der Waals surface area contributed by atoms with Crippen molar-refractivity contribution < 1.29 is 19.3 Å². The molecule has 0 saturated heterocycles. The number of aliphatic hydroxyl groups is 1. The second kappa shape index (κ2) is 6.88. The predicted octanol–water partition coefficient (Wildman–Crippen LogP) is 2.79. The first-order chi connectivity index (χ1) is 9.73. The Bertz CT molecular complexity index is 435. The molecule has 0 aromatic heterocycles. The standard InChI is InChI=1S/C16H22O4/c1-3-18-16(19-4-2)11-14(10-15(12-17)20-16)13-8-6-5-7-9-13/h5-10,14,17H,3-4,11-12H2,1-2H3. The molecule has 0 radical (unpaired) electrons. The highest BCUT2D eigenvalue weighted by Gasteiger charge is 2.41. The molecule has 1 aliphatic rings. The average Bonchev–Trinajstić information content (AvgIpc) is 2.48. The minimum Gasteiger partial charge on any atom is -0.441 e. The van der Waals surface area contributed by atoms with Crippen molar-refractivity contribution in [2.24, 2.45) is 0 Å². The number of ether oxygens (including phenoxy) is 3. The van der Waals surface area contributed by atoms with E-state index in [2.05, 4.69) is 12.1 Å². The largest absolute Gasteiger partial charge is 0.441 e. The normalized spacial score (nSPS) is 21.1. The maximum absolute atomic E-state index is 9.42. The number of hydrogen-bond acceptors (Lipinski definition) is 4. The van der Waals surface area contributed by atoms with Crippen molar-refractivity contribution in [1.82, 2.24) is 0 Å². The molecule has 20 heavy (non-hydrogen) atoms. The molecule has 1 heterocycles. The van der Waals surface area contributed by atoms with Gasteiger partial charge < -0.3 is 19.3 Å². The third-order valence-corrected chi connectivity index (χ3v) is 3.26. The summed E-state index contributed by atoms with van der Waals surface area (Å²) in [6, 6.07) is 10.1. The molecule has 4 nitrogen and oxygen atoms in total. The van der Waals surface area contributed by atoms with Gasteiger partial charge in [-0.05, 0) is 25.5 Å². The van der Waals surface area contributed by atoms with Crippen molar-refractivity contribution in [3.63, 3.8) is 0 Å². The Labute approximate surface area is 120 Å². The molecule has 4 heteroatoms. The summed E-state index contributed by atoms with van der Waals surface area (Å²) in [5, 5.41) is 9.42. The lowest BCUT2D eigenvalue weighted by molar-refractivity contribution is -0.373. The lowest BCUT2D eigenvalue weighted by atomic mass is 9.92. The van der Waals surface area contributed by atoms with Gasteiger partial charge >= 0.3 is 5.97 Å². The summed E-state index contributed by atoms with van der Waals surface area (Å²) in [6.45, 7) is 4.61. The first-order valence-electron chi connectivity index (χ1n) is 7.06. The number of aliphatic hydroxyl groups excluding tert-OH is 1. The monoisotopic (exact) mass is 278 g/mol. The molecule has 0 aliphatic carbocycles. The van der Waals surface area contributed by atoms with Gasteiger partial charge in [0.1, 0.15) is 12.4 Å². The summed E-state index contributed by atoms with van der Waals surface area (Å²) in [7, 11) is 0. The maximum Gasteiger partial charge on any atom is 0.327 e. The van der Waals surface area contributed by atoms with Gasteiger partial charge in [-0.15, -0.1) is 0 Å². The van der Waals surface area contributed by atoms with Gasteiger partial charge in [0, 0.05) is 5.92 Å². The van der Waals surface area contributed by atoms with E-state index in [1.165, 1.54) is 0 Å². The molecule has 1 aromatic rings. The molecular weight excluding hydrogens is 256 g/mol. The van der Waals surface area contributed by atoms with Crippen LogP contribution in [0.2, 0.25) is 0 Å². The van der Waals surface area contributed by atoms with Crippen molar-refractivity contribution >= 4 is 0 Å². The van der Waals surface area contributed by atoms with Gasteiger partial charge in [-0.1, -0.05) is 30.3 Å². The first-order valence-corrected chi connectivity index (χ1v) is 7.06. The van der Waals surface area contributed by atoms with Crippen LogP contribution in [0.25, 0.3) is 0 Å². The van der Waals surface area contributed by atoms with Crippen LogP contribution in [0, 0.1) is 0 Å². The fraction of sp³-hybridized carbons (Fsp3) is 0.500. The average molecular weight is 278 g/mol. The van der Waals surface area contributed by atoms with Gasteiger partial charge in [0.25, 0.3) is 0 Å². The fourth-order valence-corrected chi connectivity index (χ4v) is 2.49. The molecule has 1 atom stereocenters. The highest BCUT2D eigenvalue weighted by molar-refractivity contribution is 5.26. The van der Waals surface area contributed by atoms with Gasteiger partial charge in [-0.2, -0.15) is 0 Å². The van der Waals surface area contributed by atoms with Crippen LogP contribution in [-0.2, 0) is 14.2 Å². The SMILES string of the molecule is CCOC1(OCC)CC(c2ccccc2)C=C(CO)O1. The van der Waals surface area contributed by atoms with E-state index in [0.717, 1.165) is 5.56 Å². The molecular formula is C16H22O4. The maximum atomic E-state index is 9.42. The van der Waals surface area contributed by atoms with Crippen LogP contribution in [0.1, 0.15) is 31.7 Å². The van der Waals surface area contributed by atoms with Crippen LogP contribution < -0.4 is 0 Å². The van der Waals surface area contributed by atoms with Crippen LogP contribution in [0.15, 0.2) is 42.2 Å². The molecule has 2 rings (SSSR count). The summed E-state index contributed by atoms with van der Waals surface area (Å²) in [5.41, 5.74) is 1.16. The smallest absolute Gasteiger partial charge is 0.327 e. The van der Waals surface area contributed by atoms with Gasteiger partial charge in [0.05, 0.1) is 19.6 Å². The summed E-state index contributed by atoms with van der Waals surface area (Å²) < 4.78 is 17.1. The van der Waals surface area contributed by atoms with Gasteiger partial charge in [-0.25, -0.2) is 0 Å². The van der Waals surface area contributed by atoms with Crippen LogP contribution in [-0.4, -0.2) is 30.9 Å². The van der Waals surface area contributed by atoms with E-state index in [0.29, 0.717) is 25.4 Å². The highest BCUT2D eigenvalue weighted by Crippen LogP contribution is 2.38. The molecule has 0 saturated carbocycles. The molecule has 1 N–H and O–H groups in total. The molecule has 0 amide bonds. The lowest BCUT2D eigenvalue weighted by Crippen LogP contribution is -2.43. The van der Waals surface area contributed by atoms with Crippen molar-refractivity contribution in [3.8, 4) is 0 Å². The highest BCUT2D eigenvalue weighted by atomic mass is 16.9. The van der Waals surface area contributed by atoms with E-state index in [4.69, 9.17) is 14.2 Å². The Hall–Kier alpha value is -1.36. The Morgan fingerprint density at radius 1 is 1.20 bits per heavy atom. The summed E-state index contributed by atoms with van der Waals surface area (Å²) >= 11 is 0. The van der Waals surface area contributed by atoms with Crippen LogP contribution >= 0.6 is 0 Å². The second-order valence-corrected chi connectivity index (χ2v) is 4.66. The van der Waals surface area contributed by atoms with Crippen LogP contribution in [0.4, 0.5) is 0 Å². The van der Waals surface area contributed by atoms with E-state index < -0.39 is 5.97 Å². The van der Waals surface area contributed by atoms with Crippen LogP contribution in [0.5, 0.6) is 0 Å². The van der Waals surface area contributed by atoms with E-state index in [-0.39, 0.29) is 12.5 Å². The topological polar surface area (TPSA) is 47.9 Å². The number of hydrogen-bond donors (Lipinski definition) is 1. The predicted molar refractivity (Wildman–Crippen MR) is 76.0 cm³/mol. The Morgan fingerprint density at radius 3 is 2.40 bits per heavy atom. The van der Waals surface area contributed by atoms with Gasteiger partial charge in [-0.3, -0.25) is 0 Å². The summed E-state index contributed by atoms with van der Waals surface area (Å²) in [4.78, 5) is 0. The molecule has 1 aliphatic heterocycles. The Kier molecular flexibility index (Phi) is 5.17. The molecule has 1 unspecified atom stereocenters. The second-order valence-electron chi connectivity index (χ2n) is 4.66. The Morgan fingerprint density at radius 2 is 1.85 bits per heavy atom. The Balaban J connectivity index is 2.29. The van der Waals surface area contributed by atoms with E-state index in [9.17, 15) is 5.11 Å². The van der Waals surface area contributed by atoms with Gasteiger partial charge in [0.2, 0.25) is 0 Å². The number of allylic oxidation sites excluding steroid dienone is 1. The third kappa shape index (κ3) is 3.39. The summed E-state index contributed by atoms with van der Waals surface area (Å²) in [5.74, 6) is -0.506. The van der Waals surface area contributed by atoms with Crippen molar-refractivity contribution in [2.45, 2.75) is 32.2 Å². The molecule has 0 spiro atoms. The van der Waals surface area contributed by atoms with Gasteiger partial charge in [0.15, 0.2) is 0 Å². The molecule has 110 valence electrons. The van der Waals surface area contributed by atoms with Crippen molar-refractivity contribution in [1.29, 1.82) is 0 Å². The third-order valence-electron chi connectivity index (χ3n) is 3.26. The first kappa shape index (κ1) is 15.0. The van der Waals surface area contributed by atoms with Crippen molar-refractivity contribution in [3.05, 3.63) is 47.7 Å². The lowest BCUT2D eigenvalue weighted by Gasteiger charge is -2.39. The minimum absolute atomic E-state index is 0.102. The number of rotatable bonds is 6.